The topological polar surface area (TPSA) is 119 Å². The van der Waals surface area contributed by atoms with Gasteiger partial charge in [0.1, 0.15) is 4.90 Å². The molecule has 8 nitrogen and oxygen atoms in total. The van der Waals surface area contributed by atoms with Crippen LogP contribution in [-0.4, -0.2) is 50.7 Å². The van der Waals surface area contributed by atoms with E-state index in [1.807, 2.05) is 0 Å². The van der Waals surface area contributed by atoms with Crippen molar-refractivity contribution in [3.63, 3.8) is 0 Å². The molecular formula is C15H17N3O5S. The molecule has 1 aromatic rings. The number of fused-ring (bicyclic) bond motifs is 1. The number of piperidine rings is 1. The molecule has 1 fully saturated rings. The van der Waals surface area contributed by atoms with E-state index >= 15 is 0 Å². The number of benzene rings is 1. The number of nitrogens with two attached hydrogens (primary N) is 1. The van der Waals surface area contributed by atoms with E-state index in [9.17, 15) is 18.0 Å². The maximum absolute atomic E-state index is 12.1. The lowest BCUT2D eigenvalue weighted by molar-refractivity contribution is -0.153. The number of ether oxygens (including phenoxy) is 1. The molecule has 1 aromatic carbocycles. The van der Waals surface area contributed by atoms with Gasteiger partial charge in [0.25, 0.3) is 15.9 Å². The first-order chi connectivity index (χ1) is 11.4. The minimum atomic E-state index is -3.69. The SMILES string of the molecule is NC(=O)COC(=O)[C@@H]1CCCN(C2=NS(=O)(=O)c3ccccc32)C1. The van der Waals surface area contributed by atoms with E-state index in [0.29, 0.717) is 37.3 Å². The lowest BCUT2D eigenvalue weighted by Gasteiger charge is -2.32. The second-order valence-corrected chi connectivity index (χ2v) is 7.32. The summed E-state index contributed by atoms with van der Waals surface area (Å²) in [4.78, 5) is 24.7. The quantitative estimate of drug-likeness (QED) is 0.758. The summed E-state index contributed by atoms with van der Waals surface area (Å²) in [5.41, 5.74) is 5.51. The van der Waals surface area contributed by atoms with Crippen molar-refractivity contribution in [3.05, 3.63) is 29.8 Å². The molecule has 9 heteroatoms. The Kier molecular flexibility index (Phi) is 4.27. The molecule has 1 atom stereocenters. The highest BCUT2D eigenvalue weighted by molar-refractivity contribution is 7.90. The molecule has 2 heterocycles. The van der Waals surface area contributed by atoms with Crippen LogP contribution in [0.3, 0.4) is 0 Å². The number of primary amides is 1. The van der Waals surface area contributed by atoms with Crippen molar-refractivity contribution in [2.24, 2.45) is 16.0 Å². The summed E-state index contributed by atoms with van der Waals surface area (Å²) < 4.78 is 33.0. The van der Waals surface area contributed by atoms with Crippen molar-refractivity contribution in [2.75, 3.05) is 19.7 Å². The van der Waals surface area contributed by atoms with E-state index in [4.69, 9.17) is 10.5 Å². The zero-order valence-corrected chi connectivity index (χ0v) is 13.7. The third kappa shape index (κ3) is 3.12. The highest BCUT2D eigenvalue weighted by atomic mass is 32.2. The summed E-state index contributed by atoms with van der Waals surface area (Å²) in [5, 5.41) is 0. The minimum Gasteiger partial charge on any atom is -0.455 e. The van der Waals surface area contributed by atoms with E-state index < -0.39 is 34.4 Å². The molecular weight excluding hydrogens is 334 g/mol. The first-order valence-corrected chi connectivity index (χ1v) is 8.97. The van der Waals surface area contributed by atoms with Crippen LogP contribution in [0, 0.1) is 5.92 Å². The van der Waals surface area contributed by atoms with Gasteiger partial charge in [-0.1, -0.05) is 12.1 Å². The lowest BCUT2D eigenvalue weighted by atomic mass is 9.97. The zero-order valence-electron chi connectivity index (χ0n) is 12.8. The Morgan fingerprint density at radius 1 is 1.33 bits per heavy atom. The number of carbonyl (C=O) groups is 2. The molecule has 0 aliphatic carbocycles. The Morgan fingerprint density at radius 3 is 2.83 bits per heavy atom. The number of esters is 1. The molecule has 0 saturated carbocycles. The largest absolute Gasteiger partial charge is 0.455 e. The summed E-state index contributed by atoms with van der Waals surface area (Å²) in [5.74, 6) is -1.31. The van der Waals surface area contributed by atoms with Gasteiger partial charge < -0.3 is 15.4 Å². The number of sulfonamides is 1. The molecule has 24 heavy (non-hydrogen) atoms. The monoisotopic (exact) mass is 351 g/mol. The predicted molar refractivity (Wildman–Crippen MR) is 84.6 cm³/mol. The summed E-state index contributed by atoms with van der Waals surface area (Å²) >= 11 is 0. The van der Waals surface area contributed by atoms with Gasteiger partial charge in [0.15, 0.2) is 12.4 Å². The van der Waals surface area contributed by atoms with Crippen LogP contribution in [0.5, 0.6) is 0 Å². The molecule has 128 valence electrons. The van der Waals surface area contributed by atoms with E-state index in [2.05, 4.69) is 4.40 Å². The van der Waals surface area contributed by atoms with E-state index in [1.54, 1.807) is 23.1 Å². The van der Waals surface area contributed by atoms with Gasteiger partial charge in [-0.25, -0.2) is 0 Å². The molecule has 0 aromatic heterocycles. The average Bonchev–Trinajstić information content (AvgIpc) is 2.85. The summed E-state index contributed by atoms with van der Waals surface area (Å²) in [6, 6.07) is 6.62. The van der Waals surface area contributed by atoms with Crippen LogP contribution in [0.15, 0.2) is 33.6 Å². The zero-order chi connectivity index (χ0) is 17.3. The molecule has 0 unspecified atom stereocenters. The van der Waals surface area contributed by atoms with Gasteiger partial charge in [-0.2, -0.15) is 8.42 Å². The van der Waals surface area contributed by atoms with Crippen molar-refractivity contribution < 1.29 is 22.7 Å². The Bertz CT molecular complexity index is 818. The second-order valence-electron chi connectivity index (χ2n) is 5.75. The standard InChI is InChI=1S/C15H17N3O5S/c16-13(19)9-23-15(20)10-4-3-7-18(8-10)14-11-5-1-2-6-12(11)24(21,22)17-14/h1-2,5-6,10H,3-4,7-9H2,(H2,16,19)/t10-/m1/s1. The highest BCUT2D eigenvalue weighted by Crippen LogP contribution is 2.29. The molecule has 2 aliphatic rings. The Morgan fingerprint density at radius 2 is 2.08 bits per heavy atom. The number of hydrogen-bond donors (Lipinski definition) is 1. The van der Waals surface area contributed by atoms with Crippen molar-refractivity contribution in [1.82, 2.24) is 4.90 Å². The van der Waals surface area contributed by atoms with Gasteiger partial charge >= 0.3 is 5.97 Å². The van der Waals surface area contributed by atoms with Crippen LogP contribution >= 0.6 is 0 Å². The average molecular weight is 351 g/mol. The Labute approximate surface area is 139 Å². The molecule has 2 N–H and O–H groups in total. The molecule has 0 bridgehead atoms. The fourth-order valence-electron chi connectivity index (χ4n) is 2.94. The van der Waals surface area contributed by atoms with Crippen molar-refractivity contribution in [3.8, 4) is 0 Å². The van der Waals surface area contributed by atoms with E-state index in [-0.39, 0.29) is 4.90 Å². The maximum Gasteiger partial charge on any atom is 0.311 e. The fraction of sp³-hybridized carbons (Fsp3) is 0.400. The normalized spacial score (nSPS) is 21.8. The van der Waals surface area contributed by atoms with Crippen LogP contribution in [0.2, 0.25) is 0 Å². The van der Waals surface area contributed by atoms with Gasteiger partial charge in [-0.15, -0.1) is 4.40 Å². The summed E-state index contributed by atoms with van der Waals surface area (Å²) in [6.07, 6.45) is 1.30. The van der Waals surface area contributed by atoms with Gasteiger partial charge in [-0.3, -0.25) is 9.59 Å². The molecule has 1 saturated heterocycles. The second kappa shape index (κ2) is 6.23. The van der Waals surface area contributed by atoms with Crippen molar-refractivity contribution in [1.29, 1.82) is 0 Å². The van der Waals surface area contributed by atoms with Crippen LogP contribution in [0.25, 0.3) is 0 Å². The maximum atomic E-state index is 12.1. The first-order valence-electron chi connectivity index (χ1n) is 7.53. The van der Waals surface area contributed by atoms with E-state index in [0.717, 1.165) is 0 Å². The van der Waals surface area contributed by atoms with Crippen LogP contribution in [-0.2, 0) is 24.3 Å². The van der Waals surface area contributed by atoms with Gasteiger partial charge in [0.05, 0.1) is 5.92 Å². The molecule has 0 radical (unpaired) electrons. The highest BCUT2D eigenvalue weighted by Gasteiger charge is 2.35. The first kappa shape index (κ1) is 16.4. The number of nitrogens with zero attached hydrogens (tertiary/aromatic N) is 2. The number of amides is 1. The Hall–Kier alpha value is -2.42. The van der Waals surface area contributed by atoms with E-state index in [1.165, 1.54) is 6.07 Å². The molecule has 2 aliphatic heterocycles. The summed E-state index contributed by atoms with van der Waals surface area (Å²) in [7, 11) is -3.69. The lowest BCUT2D eigenvalue weighted by Crippen LogP contribution is -2.43. The molecule has 1 amide bonds. The number of carbonyl (C=O) groups excluding carboxylic acids is 2. The van der Waals surface area contributed by atoms with Crippen molar-refractivity contribution >= 4 is 27.7 Å². The van der Waals surface area contributed by atoms with Crippen LogP contribution in [0.1, 0.15) is 18.4 Å². The Balaban J connectivity index is 1.79. The number of rotatable bonds is 3. The van der Waals surface area contributed by atoms with Gasteiger partial charge in [0.2, 0.25) is 0 Å². The van der Waals surface area contributed by atoms with Crippen LogP contribution in [0.4, 0.5) is 0 Å². The number of likely N-dealkylation sites (tertiary alicyclic amines) is 1. The molecule has 0 spiro atoms. The number of amidine groups is 1. The fourth-order valence-corrected chi connectivity index (χ4v) is 4.17. The predicted octanol–water partition coefficient (Wildman–Crippen LogP) is -0.124. The van der Waals surface area contributed by atoms with Crippen molar-refractivity contribution in [2.45, 2.75) is 17.7 Å². The van der Waals surface area contributed by atoms with Gasteiger partial charge in [0, 0.05) is 18.7 Å². The van der Waals surface area contributed by atoms with Gasteiger partial charge in [-0.05, 0) is 25.0 Å². The summed E-state index contributed by atoms with van der Waals surface area (Å²) in [6.45, 7) is 0.441. The minimum absolute atomic E-state index is 0.179. The number of hydrogen-bond acceptors (Lipinski definition) is 6. The third-order valence-electron chi connectivity index (χ3n) is 4.02. The van der Waals surface area contributed by atoms with Crippen LogP contribution < -0.4 is 5.73 Å². The molecule has 3 rings (SSSR count). The third-order valence-corrected chi connectivity index (χ3v) is 5.35. The smallest absolute Gasteiger partial charge is 0.311 e.